The molecule has 1 atom stereocenters. The number of rotatable bonds is 4. The highest BCUT2D eigenvalue weighted by atomic mass is 32.1. The quantitative estimate of drug-likeness (QED) is 0.878. The highest BCUT2D eigenvalue weighted by Crippen LogP contribution is 2.23. The van der Waals surface area contributed by atoms with E-state index in [0.717, 1.165) is 26.2 Å². The van der Waals surface area contributed by atoms with Gasteiger partial charge in [-0.2, -0.15) is 0 Å². The van der Waals surface area contributed by atoms with Crippen molar-refractivity contribution in [1.29, 1.82) is 0 Å². The molecule has 1 fully saturated rings. The molecule has 2 rings (SSSR count). The van der Waals surface area contributed by atoms with Crippen LogP contribution < -0.4 is 5.32 Å². The fourth-order valence-electron chi connectivity index (χ4n) is 1.77. The standard InChI is InChI=1S/C12H20N2OS/c1-9(2)10-6-13-11(16-10)7-14-12(3)4-5-15-8-12/h6,9,14H,4-5,7-8H2,1-3H3. The van der Waals surface area contributed by atoms with E-state index in [4.69, 9.17) is 4.74 Å². The Hall–Kier alpha value is -0.450. The summed E-state index contributed by atoms with van der Waals surface area (Å²) >= 11 is 1.81. The van der Waals surface area contributed by atoms with Gasteiger partial charge in [0.2, 0.25) is 0 Å². The lowest BCUT2D eigenvalue weighted by atomic mass is 10.0. The molecule has 3 nitrogen and oxygen atoms in total. The van der Waals surface area contributed by atoms with Crippen LogP contribution in [0.4, 0.5) is 0 Å². The summed E-state index contributed by atoms with van der Waals surface area (Å²) in [7, 11) is 0. The van der Waals surface area contributed by atoms with Gasteiger partial charge < -0.3 is 10.1 Å². The number of thiazole rings is 1. The summed E-state index contributed by atoms with van der Waals surface area (Å²) < 4.78 is 5.41. The van der Waals surface area contributed by atoms with Gasteiger partial charge in [0.1, 0.15) is 5.01 Å². The molecule has 0 bridgehead atoms. The molecule has 1 aliphatic heterocycles. The van der Waals surface area contributed by atoms with Crippen molar-refractivity contribution in [2.24, 2.45) is 0 Å². The lowest BCUT2D eigenvalue weighted by Gasteiger charge is -2.22. The van der Waals surface area contributed by atoms with E-state index in [-0.39, 0.29) is 5.54 Å². The van der Waals surface area contributed by atoms with Crippen molar-refractivity contribution < 1.29 is 4.74 Å². The summed E-state index contributed by atoms with van der Waals surface area (Å²) in [6.45, 7) is 9.18. The number of hydrogen-bond acceptors (Lipinski definition) is 4. The Balaban J connectivity index is 1.89. The van der Waals surface area contributed by atoms with Gasteiger partial charge in [0.15, 0.2) is 0 Å². The zero-order valence-electron chi connectivity index (χ0n) is 10.2. The van der Waals surface area contributed by atoms with Crippen molar-refractivity contribution >= 4 is 11.3 Å². The fraction of sp³-hybridized carbons (Fsp3) is 0.750. The third-order valence-electron chi connectivity index (χ3n) is 3.03. The first-order valence-electron chi connectivity index (χ1n) is 5.86. The van der Waals surface area contributed by atoms with Gasteiger partial charge in [-0.15, -0.1) is 11.3 Å². The van der Waals surface area contributed by atoms with Crippen molar-refractivity contribution in [3.63, 3.8) is 0 Å². The molecule has 1 aromatic heterocycles. The summed E-state index contributed by atoms with van der Waals surface area (Å²) in [5.74, 6) is 0.580. The second kappa shape index (κ2) is 4.82. The van der Waals surface area contributed by atoms with E-state index in [2.05, 4.69) is 31.1 Å². The Kier molecular flexibility index (Phi) is 3.62. The Labute approximate surface area is 101 Å². The van der Waals surface area contributed by atoms with Gasteiger partial charge in [0.05, 0.1) is 6.61 Å². The predicted molar refractivity (Wildman–Crippen MR) is 66.9 cm³/mol. The van der Waals surface area contributed by atoms with Crippen molar-refractivity contribution in [2.75, 3.05) is 13.2 Å². The molecule has 0 aromatic carbocycles. The van der Waals surface area contributed by atoms with Crippen LogP contribution in [0.15, 0.2) is 6.20 Å². The third kappa shape index (κ3) is 2.81. The topological polar surface area (TPSA) is 34.2 Å². The molecule has 1 unspecified atom stereocenters. The monoisotopic (exact) mass is 240 g/mol. The largest absolute Gasteiger partial charge is 0.379 e. The van der Waals surface area contributed by atoms with Crippen LogP contribution in [-0.4, -0.2) is 23.7 Å². The Morgan fingerprint density at radius 1 is 1.62 bits per heavy atom. The smallest absolute Gasteiger partial charge is 0.107 e. The molecule has 16 heavy (non-hydrogen) atoms. The van der Waals surface area contributed by atoms with E-state index in [1.807, 2.05) is 17.5 Å². The lowest BCUT2D eigenvalue weighted by Crippen LogP contribution is -2.42. The van der Waals surface area contributed by atoms with Crippen LogP contribution >= 0.6 is 11.3 Å². The number of nitrogens with zero attached hydrogens (tertiary/aromatic N) is 1. The van der Waals surface area contributed by atoms with Crippen LogP contribution in [-0.2, 0) is 11.3 Å². The molecule has 0 spiro atoms. The van der Waals surface area contributed by atoms with Crippen LogP contribution in [0.2, 0.25) is 0 Å². The Morgan fingerprint density at radius 2 is 2.44 bits per heavy atom. The molecule has 2 heterocycles. The van der Waals surface area contributed by atoms with E-state index < -0.39 is 0 Å². The molecular weight excluding hydrogens is 220 g/mol. The van der Waals surface area contributed by atoms with Crippen molar-refractivity contribution in [2.45, 2.75) is 45.2 Å². The molecule has 90 valence electrons. The van der Waals surface area contributed by atoms with Gasteiger partial charge in [-0.3, -0.25) is 0 Å². The van der Waals surface area contributed by atoms with Crippen LogP contribution in [0.5, 0.6) is 0 Å². The minimum Gasteiger partial charge on any atom is -0.379 e. The second-order valence-electron chi connectivity index (χ2n) is 5.03. The summed E-state index contributed by atoms with van der Waals surface area (Å²) in [5.41, 5.74) is 0.143. The molecule has 1 aromatic rings. The van der Waals surface area contributed by atoms with E-state index >= 15 is 0 Å². The molecule has 1 N–H and O–H groups in total. The number of hydrogen-bond donors (Lipinski definition) is 1. The van der Waals surface area contributed by atoms with Gasteiger partial charge in [0.25, 0.3) is 0 Å². The number of nitrogens with one attached hydrogen (secondary N) is 1. The second-order valence-corrected chi connectivity index (χ2v) is 6.17. The molecular formula is C12H20N2OS. The van der Waals surface area contributed by atoms with Crippen molar-refractivity contribution in [3.05, 3.63) is 16.1 Å². The fourth-order valence-corrected chi connectivity index (χ4v) is 2.63. The van der Waals surface area contributed by atoms with E-state index in [1.165, 1.54) is 9.88 Å². The minimum absolute atomic E-state index is 0.143. The van der Waals surface area contributed by atoms with Crippen LogP contribution in [0.1, 0.15) is 43.0 Å². The van der Waals surface area contributed by atoms with Gasteiger partial charge in [-0.1, -0.05) is 13.8 Å². The first-order valence-corrected chi connectivity index (χ1v) is 6.68. The maximum absolute atomic E-state index is 5.41. The SMILES string of the molecule is CC(C)c1cnc(CNC2(C)CCOC2)s1. The van der Waals surface area contributed by atoms with Crippen LogP contribution in [0.25, 0.3) is 0 Å². The van der Waals surface area contributed by atoms with E-state index in [0.29, 0.717) is 5.92 Å². The van der Waals surface area contributed by atoms with Gasteiger partial charge in [-0.25, -0.2) is 4.98 Å². The molecule has 0 radical (unpaired) electrons. The lowest BCUT2D eigenvalue weighted by molar-refractivity contribution is 0.171. The van der Waals surface area contributed by atoms with Gasteiger partial charge in [-0.05, 0) is 19.3 Å². The van der Waals surface area contributed by atoms with Crippen molar-refractivity contribution in [1.82, 2.24) is 10.3 Å². The van der Waals surface area contributed by atoms with E-state index in [1.54, 1.807) is 0 Å². The average molecular weight is 240 g/mol. The average Bonchev–Trinajstić information content (AvgIpc) is 2.84. The maximum Gasteiger partial charge on any atom is 0.107 e. The molecule has 0 amide bonds. The summed E-state index contributed by atoms with van der Waals surface area (Å²) in [6.07, 6.45) is 3.09. The van der Waals surface area contributed by atoms with Gasteiger partial charge >= 0.3 is 0 Å². The Bertz CT molecular complexity index is 343. The molecule has 1 saturated heterocycles. The third-order valence-corrected chi connectivity index (χ3v) is 4.32. The molecule has 0 aliphatic carbocycles. The molecule has 0 saturated carbocycles. The highest BCUT2D eigenvalue weighted by Gasteiger charge is 2.28. The zero-order valence-corrected chi connectivity index (χ0v) is 11.1. The zero-order chi connectivity index (χ0) is 11.6. The predicted octanol–water partition coefficient (Wildman–Crippen LogP) is 2.54. The van der Waals surface area contributed by atoms with Gasteiger partial charge in [0, 0.05) is 29.8 Å². The first-order chi connectivity index (χ1) is 7.59. The van der Waals surface area contributed by atoms with Crippen LogP contribution in [0.3, 0.4) is 0 Å². The number of aromatic nitrogens is 1. The summed E-state index contributed by atoms with van der Waals surface area (Å²) in [5, 5.41) is 4.73. The minimum atomic E-state index is 0.143. The summed E-state index contributed by atoms with van der Waals surface area (Å²) in [6, 6.07) is 0. The normalized spacial score (nSPS) is 25.5. The Morgan fingerprint density at radius 3 is 3.00 bits per heavy atom. The molecule has 1 aliphatic rings. The van der Waals surface area contributed by atoms with Crippen molar-refractivity contribution in [3.8, 4) is 0 Å². The maximum atomic E-state index is 5.41. The van der Waals surface area contributed by atoms with Crippen LogP contribution in [0, 0.1) is 0 Å². The first kappa shape index (κ1) is 12.0. The molecule has 4 heteroatoms. The number of ether oxygens (including phenoxy) is 1. The summed E-state index contributed by atoms with van der Waals surface area (Å²) in [4.78, 5) is 5.81. The van der Waals surface area contributed by atoms with E-state index in [9.17, 15) is 0 Å². The highest BCUT2D eigenvalue weighted by molar-refractivity contribution is 7.11.